The number of halogens is 9. The molecule has 1 aromatic heterocycles. The molecular formula is C14H7F9N4O. The Morgan fingerprint density at radius 1 is 0.857 bits per heavy atom. The van der Waals surface area contributed by atoms with Gasteiger partial charge >= 0.3 is 18.5 Å². The lowest BCUT2D eigenvalue weighted by atomic mass is 10.1. The van der Waals surface area contributed by atoms with Crippen LogP contribution in [-0.4, -0.2) is 15.9 Å². The molecule has 0 atom stereocenters. The summed E-state index contributed by atoms with van der Waals surface area (Å²) >= 11 is 0. The fraction of sp³-hybridized carbons (Fsp3) is 0.214. The largest absolute Gasteiger partial charge is 0.434 e. The predicted molar refractivity (Wildman–Crippen MR) is 75.8 cm³/mol. The number of amides is 1. The molecule has 152 valence electrons. The second-order valence-corrected chi connectivity index (χ2v) is 5.24. The van der Waals surface area contributed by atoms with Crippen molar-refractivity contribution in [3.8, 4) is 0 Å². The van der Waals surface area contributed by atoms with Gasteiger partial charge in [-0.1, -0.05) is 0 Å². The van der Waals surface area contributed by atoms with Crippen LogP contribution < -0.4 is 11.1 Å². The Kier molecular flexibility index (Phi) is 5.18. The molecule has 0 saturated carbocycles. The van der Waals surface area contributed by atoms with Gasteiger partial charge in [0, 0.05) is 11.9 Å². The van der Waals surface area contributed by atoms with E-state index in [4.69, 9.17) is 5.73 Å². The lowest BCUT2D eigenvalue weighted by molar-refractivity contribution is -0.143. The van der Waals surface area contributed by atoms with Crippen LogP contribution in [0.5, 0.6) is 0 Å². The van der Waals surface area contributed by atoms with E-state index < -0.39 is 58.5 Å². The maximum Gasteiger partial charge on any atom is 0.434 e. The molecule has 14 heteroatoms. The lowest BCUT2D eigenvalue weighted by Crippen LogP contribution is -2.22. The van der Waals surface area contributed by atoms with E-state index >= 15 is 0 Å². The molecule has 0 fully saturated rings. The Balaban J connectivity index is 2.50. The minimum atomic E-state index is -5.21. The van der Waals surface area contributed by atoms with Crippen LogP contribution in [0.25, 0.3) is 0 Å². The number of carbonyl (C=O) groups is 1. The molecule has 0 unspecified atom stereocenters. The van der Waals surface area contributed by atoms with E-state index in [9.17, 15) is 44.3 Å². The van der Waals surface area contributed by atoms with E-state index in [2.05, 4.69) is 9.97 Å². The highest BCUT2D eigenvalue weighted by Crippen LogP contribution is 2.38. The summed E-state index contributed by atoms with van der Waals surface area (Å²) < 4.78 is 116. The average molecular weight is 418 g/mol. The highest BCUT2D eigenvalue weighted by Gasteiger charge is 2.39. The zero-order valence-corrected chi connectivity index (χ0v) is 13.1. The van der Waals surface area contributed by atoms with Crippen LogP contribution in [0.2, 0.25) is 0 Å². The molecule has 0 spiro atoms. The Hall–Kier alpha value is -3.06. The molecule has 2 rings (SSSR count). The highest BCUT2D eigenvalue weighted by molar-refractivity contribution is 6.05. The first-order valence-electron chi connectivity index (χ1n) is 6.89. The number of carbonyl (C=O) groups excluding carboxylic acids is 1. The monoisotopic (exact) mass is 418 g/mol. The SMILES string of the molecule is Nc1ncc(C(=O)Nc2cc(C(F)(F)F)cc(C(F)(F)F)c2)c(C(F)(F)F)n1. The van der Waals surface area contributed by atoms with Crippen molar-refractivity contribution in [2.45, 2.75) is 18.5 Å². The third-order valence-electron chi connectivity index (χ3n) is 3.17. The average Bonchev–Trinajstić information content (AvgIpc) is 2.51. The molecule has 3 N–H and O–H groups in total. The molecule has 5 nitrogen and oxygen atoms in total. The first kappa shape index (κ1) is 21.2. The Morgan fingerprint density at radius 3 is 1.79 bits per heavy atom. The summed E-state index contributed by atoms with van der Waals surface area (Å²) in [5, 5.41) is 1.56. The second kappa shape index (κ2) is 6.83. The molecule has 1 heterocycles. The zero-order chi connectivity index (χ0) is 21.5. The van der Waals surface area contributed by atoms with E-state index in [1.165, 1.54) is 0 Å². The van der Waals surface area contributed by atoms with Gasteiger partial charge in [0.05, 0.1) is 16.7 Å². The molecule has 1 amide bonds. The standard InChI is InChI=1S/C14H7F9N4O/c15-12(16,17)5-1-6(13(18,19)20)3-7(2-5)26-10(28)8-4-25-11(24)27-9(8)14(21,22)23/h1-4H,(H,26,28)(H2,24,25,27). The van der Waals surface area contributed by atoms with Gasteiger partial charge in [0.2, 0.25) is 5.95 Å². The van der Waals surface area contributed by atoms with Gasteiger partial charge in [0.15, 0.2) is 5.69 Å². The number of nitrogens with two attached hydrogens (primary N) is 1. The van der Waals surface area contributed by atoms with E-state index in [1.807, 2.05) is 0 Å². The molecule has 0 aliphatic heterocycles. The third kappa shape index (κ3) is 4.80. The van der Waals surface area contributed by atoms with Crippen LogP contribution in [0.4, 0.5) is 51.1 Å². The van der Waals surface area contributed by atoms with Gasteiger partial charge in [-0.05, 0) is 18.2 Å². The minimum Gasteiger partial charge on any atom is -0.368 e. The Morgan fingerprint density at radius 2 is 1.36 bits per heavy atom. The van der Waals surface area contributed by atoms with Crippen molar-refractivity contribution < 1.29 is 44.3 Å². The number of aromatic nitrogens is 2. The summed E-state index contributed by atoms with van der Waals surface area (Å²) in [6, 6.07) is 0.0697. The highest BCUT2D eigenvalue weighted by atomic mass is 19.4. The number of benzene rings is 1. The smallest absolute Gasteiger partial charge is 0.368 e. The molecule has 0 saturated heterocycles. The van der Waals surface area contributed by atoms with Gasteiger partial charge in [-0.25, -0.2) is 9.97 Å². The number of nitrogens with zero attached hydrogens (tertiary/aromatic N) is 2. The van der Waals surface area contributed by atoms with E-state index in [0.29, 0.717) is 6.20 Å². The van der Waals surface area contributed by atoms with Gasteiger partial charge in [0.1, 0.15) is 0 Å². The molecule has 1 aromatic carbocycles. The summed E-state index contributed by atoms with van der Waals surface area (Å²) in [7, 11) is 0. The lowest BCUT2D eigenvalue weighted by Gasteiger charge is -2.16. The van der Waals surface area contributed by atoms with Crippen LogP contribution in [0.1, 0.15) is 27.2 Å². The molecule has 0 bridgehead atoms. The zero-order valence-electron chi connectivity index (χ0n) is 13.1. The predicted octanol–water partition coefficient (Wildman–Crippen LogP) is 4.37. The van der Waals surface area contributed by atoms with Gasteiger partial charge in [-0.2, -0.15) is 39.5 Å². The van der Waals surface area contributed by atoms with Crippen molar-refractivity contribution in [1.29, 1.82) is 0 Å². The number of anilines is 2. The van der Waals surface area contributed by atoms with Gasteiger partial charge < -0.3 is 11.1 Å². The molecular weight excluding hydrogens is 411 g/mol. The van der Waals surface area contributed by atoms with Crippen LogP contribution in [0.3, 0.4) is 0 Å². The minimum absolute atomic E-state index is 0.137. The second-order valence-electron chi connectivity index (χ2n) is 5.24. The van der Waals surface area contributed by atoms with Crippen molar-refractivity contribution in [1.82, 2.24) is 9.97 Å². The third-order valence-corrected chi connectivity index (χ3v) is 3.17. The van der Waals surface area contributed by atoms with Gasteiger partial charge in [-0.15, -0.1) is 0 Å². The van der Waals surface area contributed by atoms with Crippen molar-refractivity contribution in [2.75, 3.05) is 11.1 Å². The van der Waals surface area contributed by atoms with Crippen LogP contribution in [0.15, 0.2) is 24.4 Å². The quantitative estimate of drug-likeness (QED) is 0.710. The van der Waals surface area contributed by atoms with Crippen molar-refractivity contribution in [3.63, 3.8) is 0 Å². The maximum absolute atomic E-state index is 12.9. The molecule has 0 radical (unpaired) electrons. The first-order chi connectivity index (χ1) is 12.6. The Bertz CT molecular complexity index is 871. The van der Waals surface area contributed by atoms with E-state index in [0.717, 1.165) is 0 Å². The number of hydrogen-bond acceptors (Lipinski definition) is 4. The number of rotatable bonds is 2. The number of alkyl halides is 9. The van der Waals surface area contributed by atoms with Gasteiger partial charge in [0.25, 0.3) is 5.91 Å². The van der Waals surface area contributed by atoms with Crippen molar-refractivity contribution in [2.24, 2.45) is 0 Å². The summed E-state index contributed by atoms with van der Waals surface area (Å²) in [6.45, 7) is 0. The molecule has 0 aliphatic carbocycles. The molecule has 2 aromatic rings. The Labute approximate surface area is 149 Å². The van der Waals surface area contributed by atoms with Crippen LogP contribution >= 0.6 is 0 Å². The maximum atomic E-state index is 12.9. The normalized spacial score (nSPS) is 12.8. The van der Waals surface area contributed by atoms with Crippen molar-refractivity contribution >= 4 is 17.5 Å². The summed E-state index contributed by atoms with van der Waals surface area (Å²) in [5.41, 5.74) is -2.59. The topological polar surface area (TPSA) is 80.9 Å². The van der Waals surface area contributed by atoms with Crippen LogP contribution in [-0.2, 0) is 18.5 Å². The summed E-state index contributed by atoms with van der Waals surface area (Å²) in [4.78, 5) is 18.0. The first-order valence-corrected chi connectivity index (χ1v) is 6.89. The number of hydrogen-bond donors (Lipinski definition) is 2. The number of nitrogens with one attached hydrogen (secondary N) is 1. The molecule has 0 aliphatic rings. The number of nitrogen functional groups attached to an aromatic ring is 1. The summed E-state index contributed by atoms with van der Waals surface area (Å²) in [6.07, 6.45) is -15.3. The van der Waals surface area contributed by atoms with E-state index in [1.54, 1.807) is 5.32 Å². The fourth-order valence-corrected chi connectivity index (χ4v) is 2.00. The fourth-order valence-electron chi connectivity index (χ4n) is 2.00. The molecule has 28 heavy (non-hydrogen) atoms. The van der Waals surface area contributed by atoms with Crippen LogP contribution in [0, 0.1) is 0 Å². The van der Waals surface area contributed by atoms with Gasteiger partial charge in [-0.3, -0.25) is 4.79 Å². The summed E-state index contributed by atoms with van der Waals surface area (Å²) in [5.74, 6) is -2.53. The van der Waals surface area contributed by atoms with E-state index in [-0.39, 0.29) is 18.2 Å². The van der Waals surface area contributed by atoms with Crippen molar-refractivity contribution in [3.05, 3.63) is 46.8 Å².